The highest BCUT2D eigenvalue weighted by Crippen LogP contribution is 2.34. The van der Waals surface area contributed by atoms with E-state index in [9.17, 15) is 0 Å². The van der Waals surface area contributed by atoms with Crippen LogP contribution in [0.5, 0.6) is 0 Å². The number of fused-ring (bicyclic) bond motifs is 7. The SMILES string of the molecule is BC(=C)/C(B)=C(/B)c1c(B)n(-c2c(B)cc(B)c(-c3ncnc4c3oc3ccccc34)c2B)c2c(B)c(B)c(-c3c(B)c(B)c4c(c3B)c3c(B)c(B)c(B)c(B)c3n4C/C(B)=C(B)\C(B)=C(\B)C#C)c(B)c12. The van der Waals surface area contributed by atoms with E-state index in [0.29, 0.717) is 5.58 Å². The van der Waals surface area contributed by atoms with E-state index in [4.69, 9.17) is 20.8 Å². The fraction of sp³-hybridized carbons (Fsp3) is 0.0213. The van der Waals surface area contributed by atoms with Crippen LogP contribution in [-0.4, -0.2) is 184 Å². The first kappa shape index (κ1) is 52.1. The van der Waals surface area contributed by atoms with Gasteiger partial charge in [-0.1, -0.05) is 106 Å². The molecule has 0 spiro atoms. The molecule has 0 saturated carbocycles. The molecular formula is C47H53B21N4O. The number of aromatic nitrogens is 4. The lowest BCUT2D eigenvalue weighted by Crippen LogP contribution is -2.48. The lowest BCUT2D eigenvalue weighted by atomic mass is 9.61. The Morgan fingerprint density at radius 2 is 1.15 bits per heavy atom. The maximum absolute atomic E-state index is 6.60. The number of furan rings is 1. The van der Waals surface area contributed by atoms with Crippen molar-refractivity contribution >= 4 is 302 Å². The topological polar surface area (TPSA) is 48.8 Å². The lowest BCUT2D eigenvalue weighted by Gasteiger charge is -2.25. The van der Waals surface area contributed by atoms with Crippen LogP contribution in [0.3, 0.4) is 0 Å². The maximum atomic E-state index is 6.60. The molecule has 4 heterocycles. The number of para-hydroxylation sites is 1. The van der Waals surface area contributed by atoms with E-state index in [1.165, 1.54) is 148 Å². The number of hydrogen-bond donors (Lipinski definition) is 0. The van der Waals surface area contributed by atoms with Crippen LogP contribution in [0.4, 0.5) is 0 Å². The van der Waals surface area contributed by atoms with Gasteiger partial charge in [0.05, 0.1) is 0 Å². The fourth-order valence-electron chi connectivity index (χ4n) is 12.8. The summed E-state index contributed by atoms with van der Waals surface area (Å²) in [7, 11) is 47.9. The summed E-state index contributed by atoms with van der Waals surface area (Å²) in [5.41, 5.74) is 39.5. The zero-order chi connectivity index (χ0) is 53.3. The van der Waals surface area contributed by atoms with Crippen LogP contribution in [0, 0.1) is 12.3 Å². The summed E-state index contributed by atoms with van der Waals surface area (Å²) < 4.78 is 11.8. The third-order valence-electron chi connectivity index (χ3n) is 17.9. The summed E-state index contributed by atoms with van der Waals surface area (Å²) in [6.07, 6.45) is 7.63. The molecule has 0 amide bonds. The Balaban J connectivity index is 1.41. The van der Waals surface area contributed by atoms with Crippen molar-refractivity contribution in [1.29, 1.82) is 0 Å². The molecule has 0 unspecified atom stereocenters. The molecule has 26 heteroatoms. The van der Waals surface area contributed by atoms with Gasteiger partial charge in [-0.05, 0) is 56.2 Å². The van der Waals surface area contributed by atoms with E-state index in [1.54, 1.807) is 6.33 Å². The smallest absolute Gasteiger partial charge is 0.180 e. The molecule has 9 rings (SSSR count). The monoisotopic (exact) mass is 921 g/mol. The van der Waals surface area contributed by atoms with Gasteiger partial charge in [0.15, 0.2) is 13.4 Å². The van der Waals surface area contributed by atoms with Crippen molar-refractivity contribution in [3.05, 3.63) is 81.6 Å². The van der Waals surface area contributed by atoms with Crippen LogP contribution in [0.25, 0.3) is 88.3 Å². The van der Waals surface area contributed by atoms with Gasteiger partial charge in [-0.25, -0.2) is 9.97 Å². The highest BCUT2D eigenvalue weighted by Gasteiger charge is 2.30. The van der Waals surface area contributed by atoms with E-state index in [0.717, 1.165) is 56.2 Å². The predicted octanol–water partition coefficient (Wildman–Crippen LogP) is -20.0. The Labute approximate surface area is 451 Å². The molecule has 5 nitrogen and oxygen atoms in total. The van der Waals surface area contributed by atoms with Gasteiger partial charge < -0.3 is 13.6 Å². The fourth-order valence-corrected chi connectivity index (χ4v) is 12.8. The zero-order valence-corrected chi connectivity index (χ0v) is 47.7. The zero-order valence-electron chi connectivity index (χ0n) is 47.7. The van der Waals surface area contributed by atoms with Crippen molar-refractivity contribution in [1.82, 2.24) is 19.1 Å². The van der Waals surface area contributed by atoms with Crippen LogP contribution in [0.2, 0.25) is 0 Å². The molecule has 0 aliphatic rings. The van der Waals surface area contributed by atoms with E-state index in [2.05, 4.69) is 191 Å². The summed E-state index contributed by atoms with van der Waals surface area (Å²) in [4.78, 5) is 9.74. The average Bonchev–Trinajstić information content (AvgIpc) is 4.01. The average molecular weight is 917 g/mol. The van der Waals surface area contributed by atoms with Crippen molar-refractivity contribution in [3.8, 4) is 40.4 Å². The minimum absolute atomic E-state index is 0.712. The normalized spacial score (nSPS) is 12.9. The lowest BCUT2D eigenvalue weighted by molar-refractivity contribution is 0.667. The molecule has 0 bridgehead atoms. The van der Waals surface area contributed by atoms with Crippen LogP contribution in [-0.2, 0) is 6.54 Å². The van der Waals surface area contributed by atoms with Crippen molar-refractivity contribution < 1.29 is 4.42 Å². The van der Waals surface area contributed by atoms with E-state index in [1.807, 2.05) is 26.0 Å². The second-order valence-electron chi connectivity index (χ2n) is 21.7. The van der Waals surface area contributed by atoms with Crippen molar-refractivity contribution in [3.63, 3.8) is 0 Å². The molecule has 0 atom stereocenters. The minimum Gasteiger partial charge on any atom is -0.452 e. The molecule has 9 aromatic rings. The van der Waals surface area contributed by atoms with Gasteiger partial charge >= 0.3 is 0 Å². The number of hydrogen-bond acceptors (Lipinski definition) is 3. The number of rotatable bonds is 8. The number of nitrogens with zero attached hydrogens (tertiary/aromatic N) is 4. The Kier molecular flexibility index (Phi) is 13.4. The highest BCUT2D eigenvalue weighted by atomic mass is 16.3. The second kappa shape index (κ2) is 18.8. The first-order chi connectivity index (χ1) is 34.4. The third-order valence-corrected chi connectivity index (χ3v) is 17.9. The molecular weight excluding hydrogens is 864 g/mol. The predicted molar refractivity (Wildman–Crippen MR) is 383 cm³/mol. The molecule has 0 radical (unpaired) electrons. The van der Waals surface area contributed by atoms with E-state index < -0.39 is 0 Å². The van der Waals surface area contributed by atoms with Gasteiger partial charge in [-0.3, -0.25) is 0 Å². The van der Waals surface area contributed by atoms with Crippen molar-refractivity contribution in [2.24, 2.45) is 0 Å². The third kappa shape index (κ3) is 7.62. The molecule has 5 aromatic carbocycles. The molecule has 4 aromatic heterocycles. The molecule has 0 N–H and O–H groups in total. The quantitative estimate of drug-likeness (QED) is 0.0867. The molecule has 73 heavy (non-hydrogen) atoms. The van der Waals surface area contributed by atoms with Gasteiger partial charge in [0.1, 0.15) is 180 Å². The Hall–Kier alpha value is -5.80. The van der Waals surface area contributed by atoms with Crippen LogP contribution < -0.4 is 76.6 Å². The summed E-state index contributed by atoms with van der Waals surface area (Å²) >= 11 is 0. The number of allylic oxidation sites excluding steroid dienone is 6. The van der Waals surface area contributed by atoms with Gasteiger partial charge in [0, 0.05) is 39.6 Å². The Bertz CT molecular complexity index is 4170. The first-order valence-corrected chi connectivity index (χ1v) is 26.0. The summed E-state index contributed by atoms with van der Waals surface area (Å²) in [6.45, 7) is 5.25. The van der Waals surface area contributed by atoms with Crippen molar-refractivity contribution in [2.75, 3.05) is 0 Å². The van der Waals surface area contributed by atoms with Crippen molar-refractivity contribution in [2.45, 2.75) is 6.54 Å². The Morgan fingerprint density at radius 3 is 1.77 bits per heavy atom. The van der Waals surface area contributed by atoms with Gasteiger partial charge in [-0.15, -0.1) is 34.9 Å². The number of terminal acetylenes is 1. The molecule has 330 valence electrons. The summed E-state index contributed by atoms with van der Waals surface area (Å²) in [5.74, 6) is 2.90. The molecule has 0 saturated heterocycles. The molecule has 0 fully saturated rings. The largest absolute Gasteiger partial charge is 0.452 e. The molecule has 0 aliphatic carbocycles. The first-order valence-electron chi connectivity index (χ1n) is 26.0. The summed E-state index contributed by atoms with van der Waals surface area (Å²) in [5, 5.41) is 5.00. The van der Waals surface area contributed by atoms with E-state index >= 15 is 0 Å². The Morgan fingerprint density at radius 1 is 0.589 bits per heavy atom. The molecule has 0 aliphatic heterocycles. The van der Waals surface area contributed by atoms with Gasteiger partial charge in [-0.2, -0.15) is 0 Å². The number of benzene rings is 5. The standard InChI is InChI=1S/C47H53B21N4O/c1-3-13(49)26(54)27(55)16(52)9-71-43-21(22-32(60)35(63)36(64)39(67)44(22)71)28(56)19(30(58)37(43)65)20-29(57)23-24(33(61)25(53)11(2)48)47(68)72(45(23)38(66)31(20)59)42-15(51)8-14(50)18(34(42)62)41-46-40(69-10-70-41)12-6-4-5-7-17(12)73-46/h1,4-8,10H,2,9,48-68H2/b26-13-,27-16-,33-25-. The van der Waals surface area contributed by atoms with Crippen LogP contribution in [0.1, 0.15) is 5.56 Å². The second-order valence-corrected chi connectivity index (χ2v) is 21.7. The van der Waals surface area contributed by atoms with Crippen LogP contribution >= 0.6 is 0 Å². The minimum atomic E-state index is 0.712. The summed E-state index contributed by atoms with van der Waals surface area (Å²) in [6, 6.07) is 10.5. The van der Waals surface area contributed by atoms with Gasteiger partial charge in [0.2, 0.25) is 0 Å². The van der Waals surface area contributed by atoms with Crippen LogP contribution in [0.15, 0.2) is 80.5 Å². The van der Waals surface area contributed by atoms with Gasteiger partial charge in [0.25, 0.3) is 0 Å². The highest BCUT2D eigenvalue weighted by molar-refractivity contribution is 6.71. The van der Waals surface area contributed by atoms with E-state index in [-0.39, 0.29) is 0 Å². The maximum Gasteiger partial charge on any atom is 0.180 e.